The molecular formula is C36H41N5O4. The SMILES string of the molecule is Cc1ccc2c(CCC(=O)C3CC3)cccc2c1Oc1ncccc1-c1ccnc(N[C@H]2CCCN(C(=O)OC(C)(C)C)C2)n1. The third-order valence-corrected chi connectivity index (χ3v) is 8.28. The molecule has 6 rings (SSSR count). The number of aromatic nitrogens is 3. The second kappa shape index (κ2) is 12.8. The summed E-state index contributed by atoms with van der Waals surface area (Å²) in [6.07, 6.45) is 8.24. The van der Waals surface area contributed by atoms with Crippen molar-refractivity contribution in [1.29, 1.82) is 0 Å². The summed E-state index contributed by atoms with van der Waals surface area (Å²) >= 11 is 0. The predicted molar refractivity (Wildman–Crippen MR) is 175 cm³/mol. The molecule has 1 amide bonds. The van der Waals surface area contributed by atoms with Gasteiger partial charge in [-0.2, -0.15) is 0 Å². The van der Waals surface area contributed by atoms with E-state index in [-0.39, 0.29) is 18.1 Å². The van der Waals surface area contributed by atoms with E-state index in [4.69, 9.17) is 14.5 Å². The maximum atomic E-state index is 12.7. The Bertz CT molecular complexity index is 1710. The van der Waals surface area contributed by atoms with Crippen molar-refractivity contribution < 1.29 is 19.1 Å². The molecule has 9 heteroatoms. The number of ketones is 1. The van der Waals surface area contributed by atoms with Gasteiger partial charge in [0, 0.05) is 49.2 Å². The summed E-state index contributed by atoms with van der Waals surface area (Å²) in [5.41, 5.74) is 3.01. The molecule has 1 aliphatic heterocycles. The molecule has 0 spiro atoms. The van der Waals surface area contributed by atoms with Crippen molar-refractivity contribution in [2.24, 2.45) is 5.92 Å². The fourth-order valence-corrected chi connectivity index (χ4v) is 5.84. The Hall–Kier alpha value is -4.53. The van der Waals surface area contributed by atoms with Gasteiger partial charge in [0.2, 0.25) is 11.8 Å². The molecule has 2 fully saturated rings. The lowest BCUT2D eigenvalue weighted by Crippen LogP contribution is -2.47. The third kappa shape index (κ3) is 7.41. The first-order chi connectivity index (χ1) is 21.6. The highest BCUT2D eigenvalue weighted by Gasteiger charge is 2.29. The van der Waals surface area contributed by atoms with Gasteiger partial charge in [-0.05, 0) is 94.5 Å². The van der Waals surface area contributed by atoms with E-state index >= 15 is 0 Å². The van der Waals surface area contributed by atoms with Crippen molar-refractivity contribution in [2.75, 3.05) is 18.4 Å². The van der Waals surface area contributed by atoms with Crippen LogP contribution < -0.4 is 10.1 Å². The van der Waals surface area contributed by atoms with Gasteiger partial charge < -0.3 is 19.7 Å². The maximum Gasteiger partial charge on any atom is 0.410 e. The van der Waals surface area contributed by atoms with Crippen molar-refractivity contribution in [1.82, 2.24) is 19.9 Å². The largest absolute Gasteiger partial charge is 0.444 e. The number of nitrogens with zero attached hydrogens (tertiary/aromatic N) is 4. The van der Waals surface area contributed by atoms with Gasteiger partial charge in [0.1, 0.15) is 17.1 Å². The molecule has 0 unspecified atom stereocenters. The van der Waals surface area contributed by atoms with Crippen LogP contribution >= 0.6 is 0 Å². The Morgan fingerprint density at radius 2 is 1.82 bits per heavy atom. The van der Waals surface area contributed by atoms with E-state index in [2.05, 4.69) is 39.6 Å². The van der Waals surface area contributed by atoms with Crippen LogP contribution in [0.2, 0.25) is 0 Å². The number of piperidine rings is 1. The topological polar surface area (TPSA) is 107 Å². The smallest absolute Gasteiger partial charge is 0.410 e. The van der Waals surface area contributed by atoms with Crippen LogP contribution in [0.5, 0.6) is 11.6 Å². The molecule has 4 aromatic rings. The standard InChI is InChI=1S/C36H41N5O4/c1-23-12-16-27-24(15-17-31(42)25-13-14-25)8-5-10-28(27)32(23)44-33-29(11-6-19-37-33)30-18-20-38-34(40-30)39-26-9-7-21-41(22-26)35(43)45-36(2,3)4/h5-6,8,10-12,16,18-20,25-26H,7,9,13-15,17,21-22H2,1-4H3,(H,38,39,40)/t26-/m0/s1. The molecule has 2 aromatic carbocycles. The lowest BCUT2D eigenvalue weighted by molar-refractivity contribution is -0.120. The lowest BCUT2D eigenvalue weighted by atomic mass is 9.97. The number of carbonyl (C=O) groups is 2. The van der Waals surface area contributed by atoms with Gasteiger partial charge in [-0.1, -0.05) is 30.3 Å². The maximum absolute atomic E-state index is 12.7. The second-order valence-electron chi connectivity index (χ2n) is 13.1. The van der Waals surface area contributed by atoms with E-state index in [0.717, 1.165) is 65.3 Å². The number of carbonyl (C=O) groups excluding carboxylic acids is 2. The molecule has 3 heterocycles. The van der Waals surface area contributed by atoms with Crippen molar-refractivity contribution in [2.45, 2.75) is 77.9 Å². The van der Waals surface area contributed by atoms with E-state index in [9.17, 15) is 9.59 Å². The lowest BCUT2D eigenvalue weighted by Gasteiger charge is -2.34. The second-order valence-corrected chi connectivity index (χ2v) is 13.1. The molecule has 1 atom stereocenters. The number of pyridine rings is 1. The van der Waals surface area contributed by atoms with Gasteiger partial charge in [0.25, 0.3) is 0 Å². The van der Waals surface area contributed by atoms with Crippen LogP contribution in [0.4, 0.5) is 10.7 Å². The Morgan fingerprint density at radius 1 is 0.978 bits per heavy atom. The molecule has 0 bridgehead atoms. The number of hydrogen-bond acceptors (Lipinski definition) is 8. The summed E-state index contributed by atoms with van der Waals surface area (Å²) < 4.78 is 12.2. The number of likely N-dealkylation sites (tertiary alicyclic amines) is 1. The van der Waals surface area contributed by atoms with Crippen molar-refractivity contribution >= 4 is 28.6 Å². The molecule has 45 heavy (non-hydrogen) atoms. The molecule has 1 aliphatic carbocycles. The van der Waals surface area contributed by atoms with Crippen LogP contribution in [0, 0.1) is 12.8 Å². The van der Waals surface area contributed by atoms with Gasteiger partial charge >= 0.3 is 6.09 Å². The summed E-state index contributed by atoms with van der Waals surface area (Å²) in [4.78, 5) is 40.7. The summed E-state index contributed by atoms with van der Waals surface area (Å²) in [6, 6.07) is 16.0. The number of hydrogen-bond donors (Lipinski definition) is 1. The van der Waals surface area contributed by atoms with Crippen molar-refractivity contribution in [3.63, 3.8) is 0 Å². The van der Waals surface area contributed by atoms with Crippen LogP contribution in [0.25, 0.3) is 22.0 Å². The van der Waals surface area contributed by atoms with Gasteiger partial charge in [-0.15, -0.1) is 0 Å². The van der Waals surface area contributed by atoms with Crippen LogP contribution in [0.1, 0.15) is 64.0 Å². The average molecular weight is 608 g/mol. The number of anilines is 1. The first kappa shape index (κ1) is 30.5. The van der Waals surface area contributed by atoms with Crippen LogP contribution in [0.15, 0.2) is 60.9 Å². The average Bonchev–Trinajstić information content (AvgIpc) is 3.87. The number of amides is 1. The number of benzene rings is 2. The van der Waals surface area contributed by atoms with Crippen molar-refractivity contribution in [3.05, 3.63) is 72.1 Å². The fourth-order valence-electron chi connectivity index (χ4n) is 5.84. The van der Waals surface area contributed by atoms with Gasteiger partial charge in [-0.25, -0.2) is 19.7 Å². The number of Topliss-reactive ketones (excluding diaryl/α,β-unsaturated/α-hetero) is 1. The zero-order valence-electron chi connectivity index (χ0n) is 26.5. The van der Waals surface area contributed by atoms with E-state index in [0.29, 0.717) is 42.8 Å². The van der Waals surface area contributed by atoms with Gasteiger partial charge in [0.15, 0.2) is 0 Å². The summed E-state index contributed by atoms with van der Waals surface area (Å²) in [5.74, 6) is 2.30. The predicted octanol–water partition coefficient (Wildman–Crippen LogP) is 7.52. The minimum absolute atomic E-state index is 0.00163. The normalized spacial score (nSPS) is 16.8. The van der Waals surface area contributed by atoms with Gasteiger partial charge in [-0.3, -0.25) is 4.79 Å². The molecule has 2 aliphatic rings. The summed E-state index contributed by atoms with van der Waals surface area (Å²) in [7, 11) is 0. The molecule has 9 nitrogen and oxygen atoms in total. The highest BCUT2D eigenvalue weighted by atomic mass is 16.6. The van der Waals surface area contributed by atoms with E-state index in [1.807, 2.05) is 52.0 Å². The quantitative estimate of drug-likeness (QED) is 0.208. The van der Waals surface area contributed by atoms with Crippen molar-refractivity contribution in [3.8, 4) is 22.9 Å². The molecule has 0 radical (unpaired) electrons. The number of aryl methyl sites for hydroxylation is 2. The molecule has 2 aromatic heterocycles. The number of ether oxygens (including phenoxy) is 2. The highest BCUT2D eigenvalue weighted by Crippen LogP contribution is 2.38. The van der Waals surface area contributed by atoms with Crippen LogP contribution in [-0.4, -0.2) is 56.5 Å². The molecule has 1 saturated carbocycles. The number of rotatable bonds is 9. The third-order valence-electron chi connectivity index (χ3n) is 8.28. The summed E-state index contributed by atoms with van der Waals surface area (Å²) in [5, 5.41) is 5.49. The minimum Gasteiger partial charge on any atom is -0.444 e. The first-order valence-electron chi connectivity index (χ1n) is 15.9. The Kier molecular flexibility index (Phi) is 8.70. The van der Waals surface area contributed by atoms with Crippen LogP contribution in [-0.2, 0) is 16.0 Å². The Labute approximate surface area is 264 Å². The zero-order valence-corrected chi connectivity index (χ0v) is 26.5. The molecule has 1 N–H and O–H groups in total. The first-order valence-corrected chi connectivity index (χ1v) is 15.9. The minimum atomic E-state index is -0.540. The molecule has 234 valence electrons. The van der Waals surface area contributed by atoms with E-state index in [1.54, 1.807) is 17.3 Å². The molecule has 1 saturated heterocycles. The monoisotopic (exact) mass is 607 g/mol. The van der Waals surface area contributed by atoms with Crippen LogP contribution in [0.3, 0.4) is 0 Å². The summed E-state index contributed by atoms with van der Waals surface area (Å²) in [6.45, 7) is 8.83. The number of fused-ring (bicyclic) bond motifs is 1. The van der Waals surface area contributed by atoms with E-state index in [1.165, 1.54) is 0 Å². The van der Waals surface area contributed by atoms with Gasteiger partial charge in [0.05, 0.1) is 11.3 Å². The Morgan fingerprint density at radius 3 is 2.62 bits per heavy atom. The fraction of sp³-hybridized carbons (Fsp3) is 0.417. The van der Waals surface area contributed by atoms with E-state index < -0.39 is 5.60 Å². The molecular weight excluding hydrogens is 566 g/mol. The number of nitrogens with one attached hydrogen (secondary N) is 1. The zero-order chi connectivity index (χ0) is 31.6. The Balaban J connectivity index is 1.22. The highest BCUT2D eigenvalue weighted by molar-refractivity contribution is 5.93.